The van der Waals surface area contributed by atoms with Crippen LogP contribution in [0.25, 0.3) is 0 Å². The molecule has 2 unspecified atom stereocenters. The van der Waals surface area contributed by atoms with Crippen LogP contribution in [0.3, 0.4) is 0 Å². The van der Waals surface area contributed by atoms with E-state index in [0.29, 0.717) is 6.04 Å². The van der Waals surface area contributed by atoms with E-state index in [2.05, 4.69) is 23.7 Å². The van der Waals surface area contributed by atoms with E-state index in [-0.39, 0.29) is 24.5 Å². The summed E-state index contributed by atoms with van der Waals surface area (Å²) in [5.41, 5.74) is 2.82. The molecule has 0 saturated heterocycles. The molecule has 0 saturated carbocycles. The number of aryl methyl sites for hydroxylation is 1. The zero-order chi connectivity index (χ0) is 14.7. The molecule has 1 amide bonds. The fourth-order valence-corrected chi connectivity index (χ4v) is 2.39. The standard InChI is InChI=1S/C15H26N2O2/c1-9(2)17-11(4)7-14(13(17)6)15(19)16-12(5)10(3)8-18/h7,9-10,12,18H,8H2,1-6H3,(H,16,19). The molecular weight excluding hydrogens is 240 g/mol. The lowest BCUT2D eigenvalue weighted by molar-refractivity contribution is 0.0915. The van der Waals surface area contributed by atoms with Gasteiger partial charge in [0, 0.05) is 30.1 Å². The van der Waals surface area contributed by atoms with Gasteiger partial charge in [-0.05, 0) is 46.6 Å². The van der Waals surface area contributed by atoms with Gasteiger partial charge in [-0.2, -0.15) is 0 Å². The van der Waals surface area contributed by atoms with Gasteiger partial charge in [0.25, 0.3) is 5.91 Å². The van der Waals surface area contributed by atoms with Gasteiger partial charge < -0.3 is 15.0 Å². The molecule has 0 aromatic carbocycles. The smallest absolute Gasteiger partial charge is 0.253 e. The summed E-state index contributed by atoms with van der Waals surface area (Å²) < 4.78 is 2.16. The van der Waals surface area contributed by atoms with Gasteiger partial charge in [-0.15, -0.1) is 0 Å². The van der Waals surface area contributed by atoms with Crippen LogP contribution in [0.4, 0.5) is 0 Å². The Kier molecular flexibility index (Phi) is 5.18. The summed E-state index contributed by atoms with van der Waals surface area (Å²) in [6.45, 7) is 12.1. The van der Waals surface area contributed by atoms with Gasteiger partial charge in [0.05, 0.1) is 5.56 Å². The van der Waals surface area contributed by atoms with E-state index in [9.17, 15) is 4.79 Å². The van der Waals surface area contributed by atoms with Crippen LogP contribution in [0.1, 0.15) is 55.5 Å². The quantitative estimate of drug-likeness (QED) is 0.860. The monoisotopic (exact) mass is 266 g/mol. The molecule has 0 radical (unpaired) electrons. The zero-order valence-electron chi connectivity index (χ0n) is 12.8. The average Bonchev–Trinajstić information content (AvgIpc) is 2.63. The van der Waals surface area contributed by atoms with Crippen LogP contribution in [0.15, 0.2) is 6.07 Å². The molecule has 2 N–H and O–H groups in total. The minimum Gasteiger partial charge on any atom is -0.396 e. The molecule has 4 nitrogen and oxygen atoms in total. The summed E-state index contributed by atoms with van der Waals surface area (Å²) in [7, 11) is 0. The number of nitrogens with zero attached hydrogens (tertiary/aromatic N) is 1. The van der Waals surface area contributed by atoms with Crippen LogP contribution in [0.5, 0.6) is 0 Å². The molecule has 4 heteroatoms. The van der Waals surface area contributed by atoms with Gasteiger partial charge in [-0.25, -0.2) is 0 Å². The number of carbonyl (C=O) groups excluding carboxylic acids is 1. The second kappa shape index (κ2) is 6.24. The fraction of sp³-hybridized carbons (Fsp3) is 0.667. The molecule has 1 rings (SSSR count). The normalized spacial score (nSPS) is 14.5. The van der Waals surface area contributed by atoms with Crippen molar-refractivity contribution in [1.29, 1.82) is 0 Å². The maximum Gasteiger partial charge on any atom is 0.253 e. The molecule has 0 spiro atoms. The first-order valence-electron chi connectivity index (χ1n) is 6.89. The van der Waals surface area contributed by atoms with E-state index >= 15 is 0 Å². The van der Waals surface area contributed by atoms with E-state index in [4.69, 9.17) is 5.11 Å². The summed E-state index contributed by atoms with van der Waals surface area (Å²) in [6, 6.07) is 2.23. The van der Waals surface area contributed by atoms with Crippen molar-refractivity contribution in [2.45, 2.75) is 53.6 Å². The third-order valence-corrected chi connectivity index (χ3v) is 3.75. The Balaban J connectivity index is 2.92. The third kappa shape index (κ3) is 3.38. The average molecular weight is 266 g/mol. The van der Waals surface area contributed by atoms with Gasteiger partial charge in [-0.1, -0.05) is 6.92 Å². The Morgan fingerprint density at radius 1 is 1.32 bits per heavy atom. The third-order valence-electron chi connectivity index (χ3n) is 3.75. The molecular formula is C15H26N2O2. The second-order valence-electron chi connectivity index (χ2n) is 5.67. The highest BCUT2D eigenvalue weighted by Gasteiger charge is 2.20. The minimum atomic E-state index is -0.0622. The summed E-state index contributed by atoms with van der Waals surface area (Å²) >= 11 is 0. The maximum atomic E-state index is 12.3. The first-order chi connectivity index (χ1) is 8.79. The first-order valence-corrected chi connectivity index (χ1v) is 6.89. The molecule has 0 aliphatic heterocycles. The highest BCUT2D eigenvalue weighted by atomic mass is 16.3. The van der Waals surface area contributed by atoms with Crippen molar-refractivity contribution in [2.24, 2.45) is 5.92 Å². The number of rotatable bonds is 5. The summed E-state index contributed by atoms with van der Waals surface area (Å²) in [6.07, 6.45) is 0. The number of aliphatic hydroxyl groups is 1. The van der Waals surface area contributed by atoms with Crippen molar-refractivity contribution >= 4 is 5.91 Å². The predicted molar refractivity (Wildman–Crippen MR) is 77.5 cm³/mol. The number of aliphatic hydroxyl groups excluding tert-OH is 1. The maximum absolute atomic E-state index is 12.3. The van der Waals surface area contributed by atoms with Crippen LogP contribution < -0.4 is 5.32 Å². The Morgan fingerprint density at radius 3 is 2.32 bits per heavy atom. The highest BCUT2D eigenvalue weighted by Crippen LogP contribution is 2.20. The van der Waals surface area contributed by atoms with Gasteiger partial charge in [0.2, 0.25) is 0 Å². The van der Waals surface area contributed by atoms with Crippen molar-refractivity contribution in [3.05, 3.63) is 23.0 Å². The van der Waals surface area contributed by atoms with Crippen molar-refractivity contribution in [2.75, 3.05) is 6.61 Å². The van der Waals surface area contributed by atoms with Gasteiger partial charge in [0.1, 0.15) is 0 Å². The summed E-state index contributed by atoms with van der Waals surface area (Å²) in [5.74, 6) is -0.00895. The second-order valence-corrected chi connectivity index (χ2v) is 5.67. The molecule has 19 heavy (non-hydrogen) atoms. The molecule has 0 fully saturated rings. The Bertz CT molecular complexity index is 449. The number of hydrogen-bond donors (Lipinski definition) is 2. The lowest BCUT2D eigenvalue weighted by atomic mass is 10.0. The van der Waals surface area contributed by atoms with E-state index in [1.165, 1.54) is 0 Å². The SMILES string of the molecule is Cc1cc(C(=O)NC(C)C(C)CO)c(C)n1C(C)C. The Morgan fingerprint density at radius 2 is 1.89 bits per heavy atom. The molecule has 1 aromatic heterocycles. The van der Waals surface area contributed by atoms with Crippen molar-refractivity contribution in [1.82, 2.24) is 9.88 Å². The van der Waals surface area contributed by atoms with Gasteiger partial charge in [-0.3, -0.25) is 4.79 Å². The van der Waals surface area contributed by atoms with Crippen molar-refractivity contribution in [3.63, 3.8) is 0 Å². The van der Waals surface area contributed by atoms with Crippen LogP contribution in [-0.2, 0) is 0 Å². The molecule has 0 aliphatic carbocycles. The molecule has 0 bridgehead atoms. The first kappa shape index (κ1) is 15.8. The summed E-state index contributed by atoms with van der Waals surface area (Å²) in [5, 5.41) is 12.1. The van der Waals surface area contributed by atoms with Crippen LogP contribution in [0, 0.1) is 19.8 Å². The number of nitrogens with one attached hydrogen (secondary N) is 1. The number of carbonyl (C=O) groups is 1. The molecule has 2 atom stereocenters. The van der Waals surface area contributed by atoms with Gasteiger partial charge in [0.15, 0.2) is 0 Å². The highest BCUT2D eigenvalue weighted by molar-refractivity contribution is 5.95. The van der Waals surface area contributed by atoms with Crippen LogP contribution in [-0.4, -0.2) is 28.2 Å². The lowest BCUT2D eigenvalue weighted by Crippen LogP contribution is -2.38. The molecule has 1 aromatic rings. The Labute approximate surface area is 115 Å². The summed E-state index contributed by atoms with van der Waals surface area (Å²) in [4.78, 5) is 12.3. The molecule has 108 valence electrons. The zero-order valence-corrected chi connectivity index (χ0v) is 12.8. The van der Waals surface area contributed by atoms with E-state index < -0.39 is 0 Å². The fourth-order valence-electron chi connectivity index (χ4n) is 2.39. The predicted octanol–water partition coefficient (Wildman–Crippen LogP) is 2.43. The van der Waals surface area contributed by atoms with Crippen LogP contribution >= 0.6 is 0 Å². The van der Waals surface area contributed by atoms with Crippen molar-refractivity contribution in [3.8, 4) is 0 Å². The topological polar surface area (TPSA) is 54.3 Å². The number of hydrogen-bond acceptors (Lipinski definition) is 2. The van der Waals surface area contributed by atoms with Crippen molar-refractivity contribution < 1.29 is 9.90 Å². The van der Waals surface area contributed by atoms with E-state index in [0.717, 1.165) is 17.0 Å². The van der Waals surface area contributed by atoms with Crippen LogP contribution in [0.2, 0.25) is 0 Å². The minimum absolute atomic E-state index is 0.0420. The number of amides is 1. The van der Waals surface area contributed by atoms with E-state index in [1.54, 1.807) is 0 Å². The largest absolute Gasteiger partial charge is 0.396 e. The molecule has 1 heterocycles. The Hall–Kier alpha value is -1.29. The lowest BCUT2D eigenvalue weighted by Gasteiger charge is -2.19. The number of aromatic nitrogens is 1. The van der Waals surface area contributed by atoms with E-state index in [1.807, 2.05) is 33.8 Å². The van der Waals surface area contributed by atoms with Gasteiger partial charge >= 0.3 is 0 Å². The molecule has 0 aliphatic rings.